The lowest BCUT2D eigenvalue weighted by Gasteiger charge is -2.02. The van der Waals surface area contributed by atoms with Crippen molar-refractivity contribution in [3.63, 3.8) is 0 Å². The molecule has 3 rings (SSSR count). The molecule has 3 aromatic rings. The van der Waals surface area contributed by atoms with E-state index in [-0.39, 0.29) is 18.2 Å². The van der Waals surface area contributed by atoms with Gasteiger partial charge in [-0.15, -0.1) is 10.2 Å². The van der Waals surface area contributed by atoms with Gasteiger partial charge in [-0.1, -0.05) is 23.9 Å². The lowest BCUT2D eigenvalue weighted by atomic mass is 10.2. The molecule has 1 heterocycles. The molecule has 0 aliphatic carbocycles. The highest BCUT2D eigenvalue weighted by molar-refractivity contribution is 7.98. The highest BCUT2D eigenvalue weighted by Gasteiger charge is 2.08. The fraction of sp³-hybridized carbons (Fsp3) is 0.125. The van der Waals surface area contributed by atoms with E-state index in [4.69, 9.17) is 9.15 Å². The number of halogens is 2. The number of rotatable bonds is 6. The molecule has 0 bridgehead atoms. The van der Waals surface area contributed by atoms with Crippen molar-refractivity contribution < 1.29 is 17.9 Å². The SMILES string of the molecule is Fc1ccc(CSc2nnc(COc3ccc(F)cc3)o2)cc1. The van der Waals surface area contributed by atoms with Gasteiger partial charge in [0.1, 0.15) is 17.4 Å². The Hall–Kier alpha value is -2.41. The summed E-state index contributed by atoms with van der Waals surface area (Å²) in [6, 6.07) is 11.9. The molecule has 0 amide bonds. The van der Waals surface area contributed by atoms with Crippen LogP contribution in [0.25, 0.3) is 0 Å². The Morgan fingerprint density at radius 2 is 1.57 bits per heavy atom. The fourth-order valence-corrected chi connectivity index (χ4v) is 2.49. The summed E-state index contributed by atoms with van der Waals surface area (Å²) < 4.78 is 36.5. The predicted molar refractivity (Wildman–Crippen MR) is 81.0 cm³/mol. The van der Waals surface area contributed by atoms with Crippen LogP contribution in [0.5, 0.6) is 5.75 Å². The van der Waals surface area contributed by atoms with Crippen LogP contribution in [0.2, 0.25) is 0 Å². The van der Waals surface area contributed by atoms with Gasteiger partial charge in [0.25, 0.3) is 11.1 Å². The fourth-order valence-electron chi connectivity index (χ4n) is 1.76. The van der Waals surface area contributed by atoms with Gasteiger partial charge in [0.2, 0.25) is 0 Å². The van der Waals surface area contributed by atoms with E-state index in [1.165, 1.54) is 48.2 Å². The lowest BCUT2D eigenvalue weighted by Crippen LogP contribution is -1.95. The minimum Gasteiger partial charge on any atom is -0.484 e. The molecular weight excluding hydrogens is 322 g/mol. The summed E-state index contributed by atoms with van der Waals surface area (Å²) in [6.45, 7) is 0.107. The van der Waals surface area contributed by atoms with Crippen LogP contribution in [0.3, 0.4) is 0 Å². The Labute approximate surface area is 135 Å². The number of benzene rings is 2. The van der Waals surface area contributed by atoms with Crippen molar-refractivity contribution in [3.05, 3.63) is 71.6 Å². The molecule has 2 aromatic carbocycles. The first kappa shape index (κ1) is 15.5. The average molecular weight is 334 g/mol. The van der Waals surface area contributed by atoms with E-state index in [1.54, 1.807) is 12.1 Å². The molecule has 0 spiro atoms. The molecule has 7 heteroatoms. The van der Waals surface area contributed by atoms with Gasteiger partial charge in [-0.25, -0.2) is 8.78 Å². The van der Waals surface area contributed by atoms with E-state index in [1.807, 2.05) is 0 Å². The van der Waals surface area contributed by atoms with Crippen molar-refractivity contribution in [1.29, 1.82) is 0 Å². The zero-order valence-corrected chi connectivity index (χ0v) is 12.7. The second kappa shape index (κ2) is 7.23. The number of hydrogen-bond acceptors (Lipinski definition) is 5. The Kier molecular flexibility index (Phi) is 4.87. The average Bonchev–Trinajstić information content (AvgIpc) is 3.02. The summed E-state index contributed by atoms with van der Waals surface area (Å²) in [7, 11) is 0. The first-order valence-corrected chi connectivity index (χ1v) is 7.75. The van der Waals surface area contributed by atoms with E-state index in [9.17, 15) is 8.78 Å². The number of hydrogen-bond donors (Lipinski definition) is 0. The number of nitrogens with zero attached hydrogens (tertiary/aromatic N) is 2. The second-order valence-corrected chi connectivity index (χ2v) is 5.55. The van der Waals surface area contributed by atoms with Gasteiger partial charge >= 0.3 is 0 Å². The maximum absolute atomic E-state index is 12.8. The Morgan fingerprint density at radius 1 is 0.913 bits per heavy atom. The molecule has 0 unspecified atom stereocenters. The van der Waals surface area contributed by atoms with Crippen molar-refractivity contribution >= 4 is 11.8 Å². The molecule has 0 aliphatic rings. The van der Waals surface area contributed by atoms with Gasteiger partial charge in [0.15, 0.2) is 6.61 Å². The maximum Gasteiger partial charge on any atom is 0.277 e. The van der Waals surface area contributed by atoms with Crippen LogP contribution in [0.4, 0.5) is 8.78 Å². The van der Waals surface area contributed by atoms with Crippen molar-refractivity contribution in [1.82, 2.24) is 10.2 Å². The van der Waals surface area contributed by atoms with Gasteiger partial charge in [-0.05, 0) is 42.0 Å². The minimum absolute atomic E-state index is 0.107. The van der Waals surface area contributed by atoms with Gasteiger partial charge in [-0.3, -0.25) is 0 Å². The molecule has 1 aromatic heterocycles. The van der Waals surface area contributed by atoms with Gasteiger partial charge < -0.3 is 9.15 Å². The second-order valence-electron chi connectivity index (χ2n) is 4.62. The Morgan fingerprint density at radius 3 is 2.26 bits per heavy atom. The van der Waals surface area contributed by atoms with Crippen LogP contribution in [-0.2, 0) is 12.4 Å². The van der Waals surface area contributed by atoms with Gasteiger partial charge in [-0.2, -0.15) is 0 Å². The van der Waals surface area contributed by atoms with Crippen molar-refractivity contribution in [2.75, 3.05) is 0 Å². The topological polar surface area (TPSA) is 48.2 Å². The van der Waals surface area contributed by atoms with Gasteiger partial charge in [0, 0.05) is 5.75 Å². The summed E-state index contributed by atoms with van der Waals surface area (Å²) in [4.78, 5) is 0. The third-order valence-electron chi connectivity index (χ3n) is 2.90. The van der Waals surface area contributed by atoms with Crippen LogP contribution in [0, 0.1) is 11.6 Å². The largest absolute Gasteiger partial charge is 0.484 e. The van der Waals surface area contributed by atoms with E-state index < -0.39 is 0 Å². The van der Waals surface area contributed by atoms with Crippen LogP contribution in [0.15, 0.2) is 58.2 Å². The highest BCUT2D eigenvalue weighted by Crippen LogP contribution is 2.22. The van der Waals surface area contributed by atoms with Gasteiger partial charge in [0.05, 0.1) is 0 Å². The molecular formula is C16H12F2N2O2S. The Balaban J connectivity index is 1.51. The summed E-state index contributed by atoms with van der Waals surface area (Å²) in [5.74, 6) is 0.855. The smallest absolute Gasteiger partial charge is 0.277 e. The standard InChI is InChI=1S/C16H12F2N2O2S/c17-12-3-1-11(2-4-12)10-23-16-20-19-15(22-16)9-21-14-7-5-13(18)6-8-14/h1-8H,9-10H2. The normalized spacial score (nSPS) is 10.7. The molecule has 0 atom stereocenters. The molecule has 0 saturated heterocycles. The Bertz CT molecular complexity index is 697. The first-order chi connectivity index (χ1) is 11.2. The summed E-state index contributed by atoms with van der Waals surface area (Å²) in [5, 5.41) is 8.20. The molecule has 0 N–H and O–H groups in total. The first-order valence-electron chi connectivity index (χ1n) is 6.77. The maximum atomic E-state index is 12.8. The summed E-state index contributed by atoms with van der Waals surface area (Å²) >= 11 is 1.36. The van der Waals surface area contributed by atoms with Crippen molar-refractivity contribution in [2.24, 2.45) is 0 Å². The van der Waals surface area contributed by atoms with Crippen LogP contribution >= 0.6 is 11.8 Å². The highest BCUT2D eigenvalue weighted by atomic mass is 32.2. The van der Waals surface area contributed by atoms with E-state index >= 15 is 0 Å². The van der Waals surface area contributed by atoms with Crippen molar-refractivity contribution in [2.45, 2.75) is 17.6 Å². The predicted octanol–water partition coefficient (Wildman–Crippen LogP) is 4.22. The number of ether oxygens (including phenoxy) is 1. The summed E-state index contributed by atoms with van der Waals surface area (Å²) in [5.41, 5.74) is 0.957. The molecule has 0 saturated carbocycles. The van der Waals surface area contributed by atoms with Crippen LogP contribution in [0.1, 0.15) is 11.5 Å². The van der Waals surface area contributed by atoms with E-state index in [2.05, 4.69) is 10.2 Å². The minimum atomic E-state index is -0.324. The third-order valence-corrected chi connectivity index (χ3v) is 3.79. The monoisotopic (exact) mass is 334 g/mol. The number of thioether (sulfide) groups is 1. The molecule has 0 fully saturated rings. The molecule has 23 heavy (non-hydrogen) atoms. The lowest BCUT2D eigenvalue weighted by molar-refractivity contribution is 0.252. The zero-order valence-electron chi connectivity index (χ0n) is 11.9. The van der Waals surface area contributed by atoms with Crippen molar-refractivity contribution in [3.8, 4) is 5.75 Å². The van der Waals surface area contributed by atoms with E-state index in [0.29, 0.717) is 22.6 Å². The van der Waals surface area contributed by atoms with Crippen LogP contribution in [-0.4, -0.2) is 10.2 Å². The third kappa shape index (κ3) is 4.53. The van der Waals surface area contributed by atoms with Crippen LogP contribution < -0.4 is 4.74 Å². The number of aromatic nitrogens is 2. The molecule has 118 valence electrons. The quantitative estimate of drug-likeness (QED) is 0.632. The zero-order chi connectivity index (χ0) is 16.1. The molecule has 4 nitrogen and oxygen atoms in total. The summed E-state index contributed by atoms with van der Waals surface area (Å²) in [6.07, 6.45) is 0. The molecule has 0 radical (unpaired) electrons. The molecule has 0 aliphatic heterocycles. The van der Waals surface area contributed by atoms with E-state index in [0.717, 1.165) is 5.56 Å².